The first kappa shape index (κ1) is 14.8. The first-order valence-electron chi connectivity index (χ1n) is 6.55. The van der Waals surface area contributed by atoms with Crippen LogP contribution in [-0.4, -0.2) is 22.6 Å². The molecular weight excluding hydrogens is 264 g/mol. The van der Waals surface area contributed by atoms with Gasteiger partial charge in [-0.2, -0.15) is 0 Å². The van der Waals surface area contributed by atoms with Crippen LogP contribution in [0.15, 0.2) is 36.4 Å². The van der Waals surface area contributed by atoms with E-state index in [1.165, 1.54) is 0 Å². The third-order valence-electron chi connectivity index (χ3n) is 2.93. The average molecular weight is 280 g/mol. The van der Waals surface area contributed by atoms with Crippen molar-refractivity contribution in [2.24, 2.45) is 0 Å². The molecule has 106 valence electrons. The van der Waals surface area contributed by atoms with E-state index in [4.69, 9.17) is 5.11 Å². The van der Waals surface area contributed by atoms with Crippen molar-refractivity contribution >= 4 is 11.7 Å². The van der Waals surface area contributed by atoms with E-state index in [1.54, 1.807) is 18.2 Å². The summed E-state index contributed by atoms with van der Waals surface area (Å²) in [4.78, 5) is 16.4. The van der Waals surface area contributed by atoms with Crippen molar-refractivity contribution in [2.45, 2.75) is 13.8 Å². The zero-order chi connectivity index (χ0) is 15.2. The first-order valence-corrected chi connectivity index (χ1v) is 6.55. The molecule has 1 heterocycles. The van der Waals surface area contributed by atoms with Gasteiger partial charge in [0.25, 0.3) is 5.91 Å². The summed E-state index contributed by atoms with van der Waals surface area (Å²) in [6.45, 7) is 3.57. The number of amides is 1. The van der Waals surface area contributed by atoms with E-state index in [9.17, 15) is 4.79 Å². The maximum atomic E-state index is 12.2. The number of aliphatic hydroxyl groups is 1. The molecule has 1 aromatic heterocycles. The van der Waals surface area contributed by atoms with Gasteiger partial charge in [0.05, 0.1) is 0 Å². The second-order valence-electron chi connectivity index (χ2n) is 4.61. The van der Waals surface area contributed by atoms with Gasteiger partial charge in [-0.15, -0.1) is 0 Å². The molecule has 0 aliphatic rings. The van der Waals surface area contributed by atoms with Crippen LogP contribution in [0.4, 0.5) is 5.82 Å². The maximum Gasteiger partial charge on any atom is 0.256 e. The monoisotopic (exact) mass is 280 g/mol. The predicted molar refractivity (Wildman–Crippen MR) is 82.1 cm³/mol. The quantitative estimate of drug-likeness (QED) is 0.830. The standard InChI is InChI=1S/C17H16N2O2/c1-12-8-9-15(11-14(12)6-4-10-20)17(21)19-16-7-3-5-13(2)18-16/h3,5,7-9,11,20H,10H2,1-2H3,(H,18,19,21). The molecule has 21 heavy (non-hydrogen) atoms. The normalized spacial score (nSPS) is 9.67. The molecule has 0 fully saturated rings. The topological polar surface area (TPSA) is 62.2 Å². The predicted octanol–water partition coefficient (Wildman–Crippen LogP) is 2.29. The van der Waals surface area contributed by atoms with Crippen molar-refractivity contribution in [3.63, 3.8) is 0 Å². The van der Waals surface area contributed by atoms with E-state index in [0.717, 1.165) is 16.8 Å². The van der Waals surface area contributed by atoms with Crippen molar-refractivity contribution in [3.05, 3.63) is 58.8 Å². The Kier molecular flexibility index (Phi) is 4.70. The SMILES string of the molecule is Cc1cccc(NC(=O)c2ccc(C)c(C#CCO)c2)n1. The van der Waals surface area contributed by atoms with Gasteiger partial charge < -0.3 is 10.4 Å². The lowest BCUT2D eigenvalue weighted by atomic mass is 10.0. The van der Waals surface area contributed by atoms with Crippen LogP contribution in [0.25, 0.3) is 0 Å². The van der Waals surface area contributed by atoms with Gasteiger partial charge in [-0.1, -0.05) is 24.0 Å². The summed E-state index contributed by atoms with van der Waals surface area (Å²) in [5.41, 5.74) is 3.03. The Hall–Kier alpha value is -2.64. The number of pyridine rings is 1. The molecule has 2 N–H and O–H groups in total. The van der Waals surface area contributed by atoms with Gasteiger partial charge >= 0.3 is 0 Å². The van der Waals surface area contributed by atoms with Gasteiger partial charge in [0.15, 0.2) is 0 Å². The van der Waals surface area contributed by atoms with Crippen molar-refractivity contribution in [1.82, 2.24) is 4.98 Å². The molecule has 1 aromatic carbocycles. The number of aromatic nitrogens is 1. The Labute approximate surface area is 123 Å². The fraction of sp³-hybridized carbons (Fsp3) is 0.176. The number of aryl methyl sites for hydroxylation is 2. The van der Waals surface area contributed by atoms with Crippen LogP contribution in [0.1, 0.15) is 27.2 Å². The average Bonchev–Trinajstić information content (AvgIpc) is 2.46. The largest absolute Gasteiger partial charge is 0.384 e. The van der Waals surface area contributed by atoms with E-state index in [-0.39, 0.29) is 12.5 Å². The van der Waals surface area contributed by atoms with E-state index >= 15 is 0 Å². The number of carbonyl (C=O) groups is 1. The number of rotatable bonds is 2. The fourth-order valence-corrected chi connectivity index (χ4v) is 1.83. The molecule has 1 amide bonds. The number of nitrogens with zero attached hydrogens (tertiary/aromatic N) is 1. The van der Waals surface area contributed by atoms with E-state index in [2.05, 4.69) is 22.1 Å². The van der Waals surface area contributed by atoms with Gasteiger partial charge in [0, 0.05) is 16.8 Å². The molecular formula is C17H16N2O2. The van der Waals surface area contributed by atoms with E-state index in [1.807, 2.05) is 32.0 Å². The summed E-state index contributed by atoms with van der Waals surface area (Å²) in [7, 11) is 0. The minimum absolute atomic E-state index is 0.205. The number of hydrogen-bond acceptors (Lipinski definition) is 3. The lowest BCUT2D eigenvalue weighted by molar-refractivity contribution is 0.102. The highest BCUT2D eigenvalue weighted by molar-refractivity contribution is 6.04. The van der Waals surface area contributed by atoms with Crippen LogP contribution in [0, 0.1) is 25.7 Å². The highest BCUT2D eigenvalue weighted by atomic mass is 16.2. The Morgan fingerprint density at radius 3 is 2.81 bits per heavy atom. The minimum Gasteiger partial charge on any atom is -0.384 e. The van der Waals surface area contributed by atoms with Crippen LogP contribution in [-0.2, 0) is 0 Å². The molecule has 0 atom stereocenters. The molecule has 4 nitrogen and oxygen atoms in total. The van der Waals surface area contributed by atoms with Crippen LogP contribution in [0.2, 0.25) is 0 Å². The van der Waals surface area contributed by atoms with Crippen LogP contribution < -0.4 is 5.32 Å². The highest BCUT2D eigenvalue weighted by Gasteiger charge is 2.08. The Morgan fingerprint density at radius 1 is 1.29 bits per heavy atom. The molecule has 4 heteroatoms. The molecule has 0 saturated carbocycles. The van der Waals surface area contributed by atoms with Gasteiger partial charge in [-0.05, 0) is 43.7 Å². The summed E-state index contributed by atoms with van der Waals surface area (Å²) in [6.07, 6.45) is 0. The van der Waals surface area contributed by atoms with E-state index in [0.29, 0.717) is 11.4 Å². The summed E-state index contributed by atoms with van der Waals surface area (Å²) < 4.78 is 0. The number of anilines is 1. The number of hydrogen-bond donors (Lipinski definition) is 2. The number of aliphatic hydroxyl groups excluding tert-OH is 1. The molecule has 2 rings (SSSR count). The summed E-state index contributed by atoms with van der Waals surface area (Å²) in [6, 6.07) is 10.7. The molecule has 0 aliphatic heterocycles. The minimum atomic E-state index is -0.236. The van der Waals surface area contributed by atoms with Crippen LogP contribution in [0.3, 0.4) is 0 Å². The molecule has 2 aromatic rings. The van der Waals surface area contributed by atoms with Crippen molar-refractivity contribution in [3.8, 4) is 11.8 Å². The maximum absolute atomic E-state index is 12.2. The number of carbonyl (C=O) groups excluding carboxylic acids is 1. The molecule has 0 spiro atoms. The van der Waals surface area contributed by atoms with Gasteiger partial charge in [-0.25, -0.2) is 4.98 Å². The summed E-state index contributed by atoms with van der Waals surface area (Å²) in [5, 5.41) is 11.5. The zero-order valence-electron chi connectivity index (χ0n) is 12.0. The second-order valence-corrected chi connectivity index (χ2v) is 4.61. The third kappa shape index (κ3) is 3.91. The molecule has 0 radical (unpaired) electrons. The Balaban J connectivity index is 2.23. The zero-order valence-corrected chi connectivity index (χ0v) is 12.0. The van der Waals surface area contributed by atoms with Gasteiger partial charge in [0.2, 0.25) is 0 Å². The van der Waals surface area contributed by atoms with Crippen molar-refractivity contribution in [2.75, 3.05) is 11.9 Å². The molecule has 0 aliphatic carbocycles. The molecule has 0 bridgehead atoms. The summed E-state index contributed by atoms with van der Waals surface area (Å²) >= 11 is 0. The third-order valence-corrected chi connectivity index (χ3v) is 2.93. The van der Waals surface area contributed by atoms with Crippen LogP contribution in [0.5, 0.6) is 0 Å². The Morgan fingerprint density at radius 2 is 2.10 bits per heavy atom. The van der Waals surface area contributed by atoms with Crippen LogP contribution >= 0.6 is 0 Å². The number of nitrogens with one attached hydrogen (secondary N) is 1. The highest BCUT2D eigenvalue weighted by Crippen LogP contribution is 2.12. The van der Waals surface area contributed by atoms with E-state index < -0.39 is 0 Å². The number of benzene rings is 1. The smallest absolute Gasteiger partial charge is 0.256 e. The van der Waals surface area contributed by atoms with Gasteiger partial charge in [-0.3, -0.25) is 4.79 Å². The second kappa shape index (κ2) is 6.69. The lowest BCUT2D eigenvalue weighted by Gasteiger charge is -2.06. The van der Waals surface area contributed by atoms with Gasteiger partial charge in [0.1, 0.15) is 12.4 Å². The van der Waals surface area contributed by atoms with Crippen molar-refractivity contribution in [1.29, 1.82) is 0 Å². The fourth-order valence-electron chi connectivity index (χ4n) is 1.83. The molecule has 0 saturated heterocycles. The first-order chi connectivity index (χ1) is 10.1. The lowest BCUT2D eigenvalue weighted by Crippen LogP contribution is -2.13. The molecule has 0 unspecified atom stereocenters. The van der Waals surface area contributed by atoms with Crippen molar-refractivity contribution < 1.29 is 9.90 Å². The summed E-state index contributed by atoms with van der Waals surface area (Å²) in [5.74, 6) is 5.71. The Bertz CT molecular complexity index is 727.